The van der Waals surface area contributed by atoms with Gasteiger partial charge in [0.15, 0.2) is 0 Å². The number of unbranched alkanes of at least 4 members (excludes halogenated alkanes) is 11. The average Bonchev–Trinajstić information content (AvgIpc) is 2.50. The van der Waals surface area contributed by atoms with Gasteiger partial charge in [0.2, 0.25) is 0 Å². The van der Waals surface area contributed by atoms with Gasteiger partial charge in [0.05, 0.1) is 6.42 Å². The van der Waals surface area contributed by atoms with Gasteiger partial charge in [-0.1, -0.05) is 70.4 Å². The van der Waals surface area contributed by atoms with E-state index >= 15 is 0 Å². The topological polar surface area (TPSA) is 54.4 Å². The van der Waals surface area contributed by atoms with Gasteiger partial charge in [-0.3, -0.25) is 0 Å². The van der Waals surface area contributed by atoms with Crippen LogP contribution >= 0.6 is 8.03 Å². The van der Waals surface area contributed by atoms with Gasteiger partial charge < -0.3 is 0 Å². The van der Waals surface area contributed by atoms with Crippen LogP contribution in [0.5, 0.6) is 0 Å². The molecule has 1 N–H and O–H groups in total. The van der Waals surface area contributed by atoms with Gasteiger partial charge >= 0.3 is 13.6 Å². The first kappa shape index (κ1) is 25.2. The maximum absolute atomic E-state index is 10.9. The number of carbonyl (C=O) groups is 1. The SMILES string of the molecule is CCCCCCCCC=CCCCCCCCC(=O)[P+](=O)O.[Cr]. The van der Waals surface area contributed by atoms with Crippen LogP contribution in [0.3, 0.4) is 0 Å². The van der Waals surface area contributed by atoms with Crippen LogP contribution in [0.2, 0.25) is 0 Å². The molecule has 0 amide bonds. The molecule has 5 heteroatoms. The van der Waals surface area contributed by atoms with Gasteiger partial charge in [-0.05, 0) is 36.7 Å². The Bertz CT molecular complexity index is 319. The fourth-order valence-electron chi connectivity index (χ4n) is 2.44. The van der Waals surface area contributed by atoms with Crippen molar-refractivity contribution in [2.24, 2.45) is 0 Å². The van der Waals surface area contributed by atoms with Crippen molar-refractivity contribution < 1.29 is 31.6 Å². The molecule has 1 unspecified atom stereocenters. The Balaban J connectivity index is 0. The molecular formula is C18H34CrO3P+. The maximum Gasteiger partial charge on any atom is 0.584 e. The van der Waals surface area contributed by atoms with Crippen LogP contribution in [-0.2, 0) is 26.7 Å². The number of allylic oxidation sites excluding steroid dienone is 2. The van der Waals surface area contributed by atoms with Crippen molar-refractivity contribution in [2.75, 3.05) is 0 Å². The first-order chi connectivity index (χ1) is 10.7. The molecule has 0 aliphatic rings. The van der Waals surface area contributed by atoms with Crippen molar-refractivity contribution in [1.82, 2.24) is 0 Å². The third-order valence-corrected chi connectivity index (χ3v) is 4.52. The zero-order valence-electron chi connectivity index (χ0n) is 14.7. The van der Waals surface area contributed by atoms with E-state index in [-0.39, 0.29) is 23.8 Å². The summed E-state index contributed by atoms with van der Waals surface area (Å²) in [4.78, 5) is 19.5. The minimum absolute atomic E-state index is 0. The van der Waals surface area contributed by atoms with Crippen LogP contribution in [0.4, 0.5) is 0 Å². The number of hydrogen-bond donors (Lipinski definition) is 1. The molecule has 0 aromatic heterocycles. The van der Waals surface area contributed by atoms with Crippen molar-refractivity contribution >= 4 is 13.6 Å². The summed E-state index contributed by atoms with van der Waals surface area (Å²) in [6.07, 6.45) is 20.6. The number of rotatable bonds is 16. The van der Waals surface area contributed by atoms with Crippen molar-refractivity contribution in [3.63, 3.8) is 0 Å². The maximum atomic E-state index is 10.9. The van der Waals surface area contributed by atoms with Crippen molar-refractivity contribution in [2.45, 2.75) is 96.8 Å². The molecule has 0 saturated heterocycles. The number of hydrogen-bond acceptors (Lipinski definition) is 2. The first-order valence-corrected chi connectivity index (χ1v) is 10.2. The van der Waals surface area contributed by atoms with Crippen molar-refractivity contribution in [3.05, 3.63) is 12.2 Å². The fourth-order valence-corrected chi connectivity index (χ4v) is 2.79. The summed E-state index contributed by atoms with van der Waals surface area (Å²) in [7, 11) is -2.60. The Hall–Kier alpha value is 0.00247. The van der Waals surface area contributed by atoms with E-state index in [0.29, 0.717) is 0 Å². The van der Waals surface area contributed by atoms with Gasteiger partial charge in [0, 0.05) is 17.4 Å². The second-order valence-electron chi connectivity index (χ2n) is 6.00. The molecule has 0 radical (unpaired) electrons. The normalized spacial score (nSPS) is 11.5. The summed E-state index contributed by atoms with van der Waals surface area (Å²) in [5, 5.41) is 0. The smallest absolute Gasteiger partial charge is 0.237 e. The summed E-state index contributed by atoms with van der Waals surface area (Å²) in [5.74, 6) is 0. The molecule has 134 valence electrons. The van der Waals surface area contributed by atoms with E-state index in [1.165, 1.54) is 57.8 Å². The van der Waals surface area contributed by atoms with Crippen molar-refractivity contribution in [3.8, 4) is 0 Å². The van der Waals surface area contributed by atoms with Crippen LogP contribution in [0, 0.1) is 0 Å². The Morgan fingerprint density at radius 3 is 1.74 bits per heavy atom. The van der Waals surface area contributed by atoms with E-state index in [1.807, 2.05) is 0 Å². The monoisotopic (exact) mass is 381 g/mol. The van der Waals surface area contributed by atoms with E-state index < -0.39 is 13.6 Å². The van der Waals surface area contributed by atoms with Gasteiger partial charge in [-0.25, -0.2) is 4.79 Å². The summed E-state index contributed by atoms with van der Waals surface area (Å²) < 4.78 is 10.5. The van der Waals surface area contributed by atoms with E-state index in [2.05, 4.69) is 19.1 Å². The van der Waals surface area contributed by atoms with E-state index in [0.717, 1.165) is 25.7 Å². The summed E-state index contributed by atoms with van der Waals surface area (Å²) in [6, 6.07) is 0. The summed E-state index contributed by atoms with van der Waals surface area (Å²) in [5.41, 5.74) is -0.507. The van der Waals surface area contributed by atoms with Gasteiger partial charge in [-0.15, -0.1) is 0 Å². The Morgan fingerprint density at radius 1 is 0.826 bits per heavy atom. The second-order valence-corrected chi connectivity index (χ2v) is 7.05. The minimum atomic E-state index is -2.60. The molecule has 0 bridgehead atoms. The molecule has 0 fully saturated rings. The molecule has 0 saturated carbocycles. The van der Waals surface area contributed by atoms with E-state index in [9.17, 15) is 9.36 Å². The average molecular weight is 381 g/mol. The molecular weight excluding hydrogens is 347 g/mol. The van der Waals surface area contributed by atoms with Gasteiger partial charge in [0.1, 0.15) is 0 Å². The molecule has 0 aliphatic carbocycles. The molecule has 23 heavy (non-hydrogen) atoms. The van der Waals surface area contributed by atoms with Gasteiger partial charge in [-0.2, -0.15) is 4.89 Å². The second kappa shape index (κ2) is 20.0. The van der Waals surface area contributed by atoms with Crippen LogP contribution in [0.25, 0.3) is 0 Å². The zero-order chi connectivity index (χ0) is 16.5. The molecule has 1 atom stereocenters. The Labute approximate surface area is 154 Å². The Kier molecular flexibility index (Phi) is 22.0. The molecule has 0 aromatic rings. The van der Waals surface area contributed by atoms with E-state index in [1.54, 1.807) is 0 Å². The predicted molar refractivity (Wildman–Crippen MR) is 94.3 cm³/mol. The molecule has 0 aliphatic heterocycles. The summed E-state index contributed by atoms with van der Waals surface area (Å²) >= 11 is 0. The number of carbonyl (C=O) groups excluding carboxylic acids is 1. The molecule has 0 aromatic carbocycles. The van der Waals surface area contributed by atoms with Crippen LogP contribution in [0.1, 0.15) is 96.8 Å². The summed E-state index contributed by atoms with van der Waals surface area (Å²) in [6.45, 7) is 2.25. The Morgan fingerprint density at radius 2 is 1.26 bits per heavy atom. The predicted octanol–water partition coefficient (Wildman–Crippen LogP) is 6.28. The van der Waals surface area contributed by atoms with Crippen LogP contribution < -0.4 is 0 Å². The molecule has 0 heterocycles. The van der Waals surface area contributed by atoms with Crippen LogP contribution in [0.15, 0.2) is 12.2 Å². The molecule has 3 nitrogen and oxygen atoms in total. The molecule has 0 spiro atoms. The quantitative estimate of drug-likeness (QED) is 0.194. The standard InChI is InChI=1S/C18H33O3P.Cr/c1-2-3-4-5-6-7-8-9-10-11-12-13-14-15-16-17-18(19)22(20)21;/h9-10H,2-8,11-17H2,1H3;/p+1. The van der Waals surface area contributed by atoms with E-state index in [4.69, 9.17) is 4.89 Å². The zero-order valence-corrected chi connectivity index (χ0v) is 16.8. The largest absolute Gasteiger partial charge is 0.584 e. The fraction of sp³-hybridized carbons (Fsp3) is 0.833. The first-order valence-electron chi connectivity index (χ1n) is 9.02. The third-order valence-electron chi connectivity index (χ3n) is 3.87. The van der Waals surface area contributed by atoms with Crippen LogP contribution in [-0.4, -0.2) is 10.4 Å². The van der Waals surface area contributed by atoms with Crippen molar-refractivity contribution in [1.29, 1.82) is 0 Å². The third kappa shape index (κ3) is 20.0. The van der Waals surface area contributed by atoms with Gasteiger partial charge in [0.25, 0.3) is 0 Å². The molecule has 0 rings (SSSR count). The minimum Gasteiger partial charge on any atom is -0.237 e.